The first-order chi connectivity index (χ1) is 12.2. The lowest BCUT2D eigenvalue weighted by Gasteiger charge is -2.33. The second-order valence-corrected chi connectivity index (χ2v) is 6.84. The Morgan fingerprint density at radius 3 is 3.04 bits per heavy atom. The van der Waals surface area contributed by atoms with Crippen LogP contribution >= 0.6 is 0 Å². The van der Waals surface area contributed by atoms with Crippen LogP contribution in [-0.4, -0.2) is 36.8 Å². The van der Waals surface area contributed by atoms with Crippen LogP contribution in [-0.2, 0) is 11.2 Å². The average Bonchev–Trinajstić information content (AvgIpc) is 3.13. The van der Waals surface area contributed by atoms with Crippen LogP contribution in [0.4, 0.5) is 5.69 Å². The summed E-state index contributed by atoms with van der Waals surface area (Å²) in [5.74, 6) is 0.917. The summed E-state index contributed by atoms with van der Waals surface area (Å²) in [5, 5.41) is 0. The molecule has 0 spiro atoms. The summed E-state index contributed by atoms with van der Waals surface area (Å²) in [6.07, 6.45) is 3.52. The number of para-hydroxylation sites is 1. The lowest BCUT2D eigenvalue weighted by molar-refractivity contribution is 0.0979. The van der Waals surface area contributed by atoms with E-state index in [9.17, 15) is 4.79 Å². The first kappa shape index (κ1) is 16.1. The van der Waals surface area contributed by atoms with Crippen LogP contribution in [0.25, 0.3) is 0 Å². The zero-order chi connectivity index (χ0) is 17.2. The van der Waals surface area contributed by atoms with Gasteiger partial charge in [-0.2, -0.15) is 0 Å². The van der Waals surface area contributed by atoms with Gasteiger partial charge in [0.25, 0.3) is 5.91 Å². The van der Waals surface area contributed by atoms with Crippen LogP contribution in [0.3, 0.4) is 0 Å². The number of aromatic nitrogens is 1. The van der Waals surface area contributed by atoms with Crippen molar-refractivity contribution in [2.45, 2.75) is 25.9 Å². The second-order valence-electron chi connectivity index (χ2n) is 6.84. The number of nitrogens with zero attached hydrogens (tertiary/aromatic N) is 2. The Balaban J connectivity index is 1.58. The molecule has 4 rings (SSSR count). The largest absolute Gasteiger partial charge is 0.472 e. The number of fused-ring (bicyclic) bond motifs is 1. The zero-order valence-electron chi connectivity index (χ0n) is 14.4. The Morgan fingerprint density at radius 1 is 1.32 bits per heavy atom. The van der Waals surface area contributed by atoms with Crippen molar-refractivity contribution >= 4 is 11.6 Å². The molecule has 5 heteroatoms. The van der Waals surface area contributed by atoms with E-state index >= 15 is 0 Å². The highest BCUT2D eigenvalue weighted by molar-refractivity contribution is 6.06. The molecule has 0 bridgehead atoms. The Hall–Kier alpha value is -2.40. The predicted octanol–water partition coefficient (Wildman–Crippen LogP) is 3.09. The average molecular weight is 338 g/mol. The molecule has 2 aromatic rings. The molecule has 0 aliphatic carbocycles. The van der Waals surface area contributed by atoms with E-state index in [1.807, 2.05) is 23.1 Å². The summed E-state index contributed by atoms with van der Waals surface area (Å²) in [4.78, 5) is 19.2. The van der Waals surface area contributed by atoms with Gasteiger partial charge in [0.15, 0.2) is 0 Å². The second kappa shape index (κ2) is 6.84. The number of pyridine rings is 1. The number of rotatable bonds is 3. The van der Waals surface area contributed by atoms with Crippen molar-refractivity contribution in [3.63, 3.8) is 0 Å². The molecule has 0 unspecified atom stereocenters. The Kier molecular flexibility index (Phi) is 4.40. The Morgan fingerprint density at radius 2 is 2.20 bits per heavy atom. The maximum absolute atomic E-state index is 13.1. The highest BCUT2D eigenvalue weighted by Gasteiger charge is 2.27. The molecule has 1 aromatic carbocycles. The van der Waals surface area contributed by atoms with E-state index in [2.05, 4.69) is 18.0 Å². The van der Waals surface area contributed by atoms with Gasteiger partial charge in [-0.25, -0.2) is 4.98 Å². The van der Waals surface area contributed by atoms with Crippen molar-refractivity contribution in [1.82, 2.24) is 4.98 Å². The van der Waals surface area contributed by atoms with Gasteiger partial charge >= 0.3 is 0 Å². The van der Waals surface area contributed by atoms with Crippen LogP contribution in [0.2, 0.25) is 0 Å². The van der Waals surface area contributed by atoms with E-state index in [-0.39, 0.29) is 12.0 Å². The smallest absolute Gasteiger partial charge is 0.258 e. The summed E-state index contributed by atoms with van der Waals surface area (Å²) < 4.78 is 11.2. The molecule has 1 fully saturated rings. The van der Waals surface area contributed by atoms with Crippen molar-refractivity contribution in [3.05, 3.63) is 53.7 Å². The van der Waals surface area contributed by atoms with E-state index in [0.29, 0.717) is 30.6 Å². The highest BCUT2D eigenvalue weighted by atomic mass is 16.5. The van der Waals surface area contributed by atoms with Gasteiger partial charge in [-0.1, -0.05) is 25.1 Å². The third-order valence-corrected chi connectivity index (χ3v) is 4.75. The Bertz CT molecular complexity index is 771. The van der Waals surface area contributed by atoms with Gasteiger partial charge in [0, 0.05) is 36.5 Å². The number of hydrogen-bond acceptors (Lipinski definition) is 4. The standard InChI is InChI=1S/C20H22N2O3/c1-14-10-15-4-2-3-5-18(15)22(12-14)20(23)16-6-8-21-19(11-16)25-17-7-9-24-13-17/h2-6,8,11,14,17H,7,9-10,12-13H2,1H3/t14-,17+/m1/s1. The third-order valence-electron chi connectivity index (χ3n) is 4.75. The number of benzene rings is 1. The van der Waals surface area contributed by atoms with Crippen LogP contribution < -0.4 is 9.64 Å². The van der Waals surface area contributed by atoms with Crippen LogP contribution in [0.1, 0.15) is 29.3 Å². The molecule has 1 aromatic heterocycles. The molecule has 2 aliphatic heterocycles. The fourth-order valence-corrected chi connectivity index (χ4v) is 3.53. The molecule has 2 aliphatic rings. The van der Waals surface area contributed by atoms with Crippen molar-refractivity contribution in [1.29, 1.82) is 0 Å². The number of carbonyl (C=O) groups excluding carboxylic acids is 1. The topological polar surface area (TPSA) is 51.7 Å². The van der Waals surface area contributed by atoms with Crippen LogP contribution in [0.5, 0.6) is 5.88 Å². The minimum absolute atomic E-state index is 0.00563. The molecule has 130 valence electrons. The summed E-state index contributed by atoms with van der Waals surface area (Å²) >= 11 is 0. The molecule has 1 amide bonds. The zero-order valence-corrected chi connectivity index (χ0v) is 14.4. The lowest BCUT2D eigenvalue weighted by Crippen LogP contribution is -2.39. The maximum atomic E-state index is 13.1. The third kappa shape index (κ3) is 3.37. The van der Waals surface area contributed by atoms with E-state index in [1.165, 1.54) is 5.56 Å². The first-order valence-electron chi connectivity index (χ1n) is 8.81. The number of ether oxygens (including phenoxy) is 2. The molecular formula is C20H22N2O3. The van der Waals surface area contributed by atoms with Gasteiger partial charge in [0.1, 0.15) is 6.10 Å². The van der Waals surface area contributed by atoms with Gasteiger partial charge in [0.05, 0.1) is 13.2 Å². The van der Waals surface area contributed by atoms with E-state index < -0.39 is 0 Å². The first-order valence-corrected chi connectivity index (χ1v) is 8.81. The lowest BCUT2D eigenvalue weighted by atomic mass is 9.93. The minimum atomic E-state index is -0.00563. The van der Waals surface area contributed by atoms with Gasteiger partial charge in [-0.15, -0.1) is 0 Å². The van der Waals surface area contributed by atoms with Crippen molar-refractivity contribution < 1.29 is 14.3 Å². The number of anilines is 1. The van der Waals surface area contributed by atoms with Crippen molar-refractivity contribution in [3.8, 4) is 5.88 Å². The molecule has 1 saturated heterocycles. The van der Waals surface area contributed by atoms with E-state index in [4.69, 9.17) is 9.47 Å². The molecule has 0 saturated carbocycles. The summed E-state index contributed by atoms with van der Waals surface area (Å²) in [5.41, 5.74) is 2.84. The van der Waals surface area contributed by atoms with Crippen molar-refractivity contribution in [2.24, 2.45) is 5.92 Å². The van der Waals surface area contributed by atoms with Gasteiger partial charge in [0.2, 0.25) is 5.88 Å². The number of amides is 1. The van der Waals surface area contributed by atoms with Crippen LogP contribution in [0, 0.1) is 5.92 Å². The summed E-state index contributed by atoms with van der Waals surface area (Å²) in [6.45, 7) is 4.20. The van der Waals surface area contributed by atoms with Crippen molar-refractivity contribution in [2.75, 3.05) is 24.7 Å². The molecule has 0 radical (unpaired) electrons. The van der Waals surface area contributed by atoms with Crippen LogP contribution in [0.15, 0.2) is 42.6 Å². The molecule has 0 N–H and O–H groups in total. The normalized spacial score (nSPS) is 22.5. The van der Waals surface area contributed by atoms with E-state index in [0.717, 1.165) is 25.1 Å². The highest BCUT2D eigenvalue weighted by Crippen LogP contribution is 2.31. The molecular weight excluding hydrogens is 316 g/mol. The quantitative estimate of drug-likeness (QED) is 0.863. The molecule has 3 heterocycles. The van der Waals surface area contributed by atoms with Gasteiger partial charge < -0.3 is 14.4 Å². The number of hydrogen-bond donors (Lipinski definition) is 0. The number of carbonyl (C=O) groups is 1. The van der Waals surface area contributed by atoms with Gasteiger partial charge in [-0.05, 0) is 30.0 Å². The molecule has 25 heavy (non-hydrogen) atoms. The predicted molar refractivity (Wildman–Crippen MR) is 95.1 cm³/mol. The fraction of sp³-hybridized carbons (Fsp3) is 0.400. The minimum Gasteiger partial charge on any atom is -0.472 e. The summed E-state index contributed by atoms with van der Waals surface area (Å²) in [7, 11) is 0. The van der Waals surface area contributed by atoms with Gasteiger partial charge in [-0.3, -0.25) is 4.79 Å². The fourth-order valence-electron chi connectivity index (χ4n) is 3.53. The molecule has 5 nitrogen and oxygen atoms in total. The molecule has 2 atom stereocenters. The SMILES string of the molecule is C[C@@H]1Cc2ccccc2N(C(=O)c2ccnc(O[C@H]3CCOC3)c2)C1. The summed E-state index contributed by atoms with van der Waals surface area (Å²) in [6, 6.07) is 11.6. The Labute approximate surface area is 147 Å². The van der Waals surface area contributed by atoms with E-state index in [1.54, 1.807) is 18.3 Å². The maximum Gasteiger partial charge on any atom is 0.258 e. The monoisotopic (exact) mass is 338 g/mol.